The van der Waals surface area contributed by atoms with Crippen LogP contribution in [0.3, 0.4) is 0 Å². The molecule has 3 nitrogen and oxygen atoms in total. The number of halogens is 2. The number of benzene rings is 1. The van der Waals surface area contributed by atoms with Gasteiger partial charge in [-0.1, -0.05) is 18.2 Å². The van der Waals surface area contributed by atoms with Gasteiger partial charge < -0.3 is 14.9 Å². The standard InChI is InChI=1S/C9H10F2O3/c10-9(11)14-8-4-2-1-3-6(8)7(13)5-12/h1-4,7,9,12-13H,5H2. The van der Waals surface area contributed by atoms with Gasteiger partial charge in [0.1, 0.15) is 11.9 Å². The van der Waals surface area contributed by atoms with E-state index in [9.17, 15) is 13.9 Å². The predicted octanol–water partition coefficient (Wildman–Crippen LogP) is 1.31. The lowest BCUT2D eigenvalue weighted by Gasteiger charge is -2.13. The van der Waals surface area contributed by atoms with Crippen molar-refractivity contribution >= 4 is 0 Å². The first kappa shape index (κ1) is 10.9. The van der Waals surface area contributed by atoms with Gasteiger partial charge in [0.05, 0.1) is 6.61 Å². The Morgan fingerprint density at radius 3 is 2.50 bits per heavy atom. The van der Waals surface area contributed by atoms with Crippen LogP contribution in [0.25, 0.3) is 0 Å². The summed E-state index contributed by atoms with van der Waals surface area (Å²) in [6, 6.07) is 5.79. The fourth-order valence-electron chi connectivity index (χ4n) is 1.06. The number of aliphatic hydroxyl groups is 2. The zero-order chi connectivity index (χ0) is 10.6. The van der Waals surface area contributed by atoms with Gasteiger partial charge in [-0.2, -0.15) is 8.78 Å². The quantitative estimate of drug-likeness (QED) is 0.777. The van der Waals surface area contributed by atoms with Gasteiger partial charge in [-0.25, -0.2) is 0 Å². The monoisotopic (exact) mass is 204 g/mol. The molecular weight excluding hydrogens is 194 g/mol. The normalized spacial score (nSPS) is 12.9. The zero-order valence-corrected chi connectivity index (χ0v) is 7.23. The maximum absolute atomic E-state index is 11.9. The maximum atomic E-state index is 11.9. The van der Waals surface area contributed by atoms with E-state index < -0.39 is 19.3 Å². The van der Waals surface area contributed by atoms with Gasteiger partial charge in [0, 0.05) is 5.56 Å². The Balaban J connectivity index is 2.91. The van der Waals surface area contributed by atoms with Crippen LogP contribution in [0.2, 0.25) is 0 Å². The van der Waals surface area contributed by atoms with E-state index in [1.807, 2.05) is 0 Å². The first-order valence-electron chi connectivity index (χ1n) is 3.97. The third-order valence-corrected chi connectivity index (χ3v) is 1.67. The molecule has 0 saturated heterocycles. The van der Waals surface area contributed by atoms with E-state index in [-0.39, 0.29) is 11.3 Å². The third kappa shape index (κ3) is 2.65. The summed E-state index contributed by atoms with van der Waals surface area (Å²) in [5.74, 6) is -0.121. The Morgan fingerprint density at radius 1 is 1.29 bits per heavy atom. The van der Waals surface area contributed by atoms with Crippen LogP contribution < -0.4 is 4.74 Å². The minimum absolute atomic E-state index is 0.121. The number of para-hydroxylation sites is 1. The molecule has 1 rings (SSSR count). The van der Waals surface area contributed by atoms with Gasteiger partial charge in [0.15, 0.2) is 0 Å². The summed E-state index contributed by atoms with van der Waals surface area (Å²) in [5, 5.41) is 17.9. The molecule has 0 saturated carbocycles. The Hall–Kier alpha value is -1.20. The molecule has 5 heteroatoms. The van der Waals surface area contributed by atoms with Crippen molar-refractivity contribution in [3.8, 4) is 5.75 Å². The summed E-state index contributed by atoms with van der Waals surface area (Å²) in [7, 11) is 0. The van der Waals surface area contributed by atoms with Gasteiger partial charge >= 0.3 is 6.61 Å². The molecule has 0 aliphatic heterocycles. The highest BCUT2D eigenvalue weighted by atomic mass is 19.3. The van der Waals surface area contributed by atoms with Crippen molar-refractivity contribution in [1.29, 1.82) is 0 Å². The molecule has 0 radical (unpaired) electrons. The van der Waals surface area contributed by atoms with Crippen molar-refractivity contribution in [1.82, 2.24) is 0 Å². The smallest absolute Gasteiger partial charge is 0.387 e. The molecule has 0 bridgehead atoms. The summed E-state index contributed by atoms with van der Waals surface area (Å²) in [5.41, 5.74) is 0.148. The van der Waals surface area contributed by atoms with Crippen LogP contribution in [0.5, 0.6) is 5.75 Å². The van der Waals surface area contributed by atoms with Crippen LogP contribution in [0.4, 0.5) is 8.78 Å². The molecule has 0 aromatic heterocycles. The molecule has 0 spiro atoms. The van der Waals surface area contributed by atoms with Gasteiger partial charge in [0.2, 0.25) is 0 Å². The number of ether oxygens (including phenoxy) is 1. The van der Waals surface area contributed by atoms with E-state index >= 15 is 0 Å². The summed E-state index contributed by atoms with van der Waals surface area (Å²) in [4.78, 5) is 0. The number of alkyl halides is 2. The van der Waals surface area contributed by atoms with Crippen molar-refractivity contribution in [2.24, 2.45) is 0 Å². The lowest BCUT2D eigenvalue weighted by atomic mass is 10.1. The molecule has 0 fully saturated rings. The van der Waals surface area contributed by atoms with E-state index in [1.54, 1.807) is 6.07 Å². The van der Waals surface area contributed by atoms with E-state index in [0.717, 1.165) is 0 Å². The average molecular weight is 204 g/mol. The number of aliphatic hydroxyl groups excluding tert-OH is 2. The van der Waals surface area contributed by atoms with Crippen molar-refractivity contribution in [2.45, 2.75) is 12.7 Å². The van der Waals surface area contributed by atoms with Crippen LogP contribution >= 0.6 is 0 Å². The van der Waals surface area contributed by atoms with Crippen LogP contribution in [0, 0.1) is 0 Å². The van der Waals surface area contributed by atoms with Crippen LogP contribution in [-0.4, -0.2) is 23.4 Å². The second-order valence-electron chi connectivity index (χ2n) is 2.61. The fourth-order valence-corrected chi connectivity index (χ4v) is 1.06. The second-order valence-corrected chi connectivity index (χ2v) is 2.61. The number of hydrogen-bond donors (Lipinski definition) is 2. The highest BCUT2D eigenvalue weighted by Gasteiger charge is 2.14. The highest BCUT2D eigenvalue weighted by molar-refractivity contribution is 5.35. The minimum Gasteiger partial charge on any atom is -0.434 e. The molecule has 1 atom stereocenters. The highest BCUT2D eigenvalue weighted by Crippen LogP contribution is 2.25. The largest absolute Gasteiger partial charge is 0.434 e. The maximum Gasteiger partial charge on any atom is 0.387 e. The minimum atomic E-state index is -2.94. The zero-order valence-electron chi connectivity index (χ0n) is 7.23. The summed E-state index contributed by atoms with van der Waals surface area (Å²) < 4.78 is 28.0. The van der Waals surface area contributed by atoms with Crippen LogP contribution in [-0.2, 0) is 0 Å². The topological polar surface area (TPSA) is 49.7 Å². The third-order valence-electron chi connectivity index (χ3n) is 1.67. The van der Waals surface area contributed by atoms with Crippen molar-refractivity contribution in [3.63, 3.8) is 0 Å². The molecule has 14 heavy (non-hydrogen) atoms. The van der Waals surface area contributed by atoms with Gasteiger partial charge in [-0.3, -0.25) is 0 Å². The van der Waals surface area contributed by atoms with Crippen LogP contribution in [0.1, 0.15) is 11.7 Å². The van der Waals surface area contributed by atoms with Crippen molar-refractivity contribution in [2.75, 3.05) is 6.61 Å². The number of rotatable bonds is 4. The summed E-state index contributed by atoms with van der Waals surface area (Å²) >= 11 is 0. The number of hydrogen-bond acceptors (Lipinski definition) is 3. The SMILES string of the molecule is OCC(O)c1ccccc1OC(F)F. The van der Waals surface area contributed by atoms with Gasteiger partial charge in [-0.15, -0.1) is 0 Å². The molecule has 0 heterocycles. The lowest BCUT2D eigenvalue weighted by Crippen LogP contribution is -2.09. The molecular formula is C9H10F2O3. The van der Waals surface area contributed by atoms with E-state index in [0.29, 0.717) is 0 Å². The first-order valence-corrected chi connectivity index (χ1v) is 3.97. The Labute approximate surface area is 79.6 Å². The molecule has 78 valence electrons. The Bertz CT molecular complexity index is 291. The summed E-state index contributed by atoms with van der Waals surface area (Å²) in [6.07, 6.45) is -1.20. The molecule has 1 aromatic carbocycles. The first-order chi connectivity index (χ1) is 6.65. The Morgan fingerprint density at radius 2 is 1.93 bits per heavy atom. The summed E-state index contributed by atoms with van der Waals surface area (Å²) in [6.45, 7) is -3.48. The van der Waals surface area contributed by atoms with Gasteiger partial charge in [-0.05, 0) is 6.07 Å². The molecule has 0 aliphatic carbocycles. The Kier molecular flexibility index (Phi) is 3.79. The second kappa shape index (κ2) is 4.88. The molecule has 0 aliphatic rings. The van der Waals surface area contributed by atoms with E-state index in [1.165, 1.54) is 18.2 Å². The van der Waals surface area contributed by atoms with E-state index in [4.69, 9.17) is 5.11 Å². The van der Waals surface area contributed by atoms with Gasteiger partial charge in [0.25, 0.3) is 0 Å². The molecule has 1 aromatic rings. The predicted molar refractivity (Wildman–Crippen MR) is 45.1 cm³/mol. The fraction of sp³-hybridized carbons (Fsp3) is 0.333. The van der Waals surface area contributed by atoms with Crippen molar-refractivity contribution in [3.05, 3.63) is 29.8 Å². The van der Waals surface area contributed by atoms with Crippen LogP contribution in [0.15, 0.2) is 24.3 Å². The molecule has 0 amide bonds. The lowest BCUT2D eigenvalue weighted by molar-refractivity contribution is -0.0521. The molecule has 1 unspecified atom stereocenters. The van der Waals surface area contributed by atoms with E-state index in [2.05, 4.69) is 4.74 Å². The average Bonchev–Trinajstić information content (AvgIpc) is 2.16. The van der Waals surface area contributed by atoms with Crippen molar-refractivity contribution < 1.29 is 23.7 Å². The molecule has 2 N–H and O–H groups in total.